The lowest BCUT2D eigenvalue weighted by atomic mass is 10.2. The second-order valence-corrected chi connectivity index (χ2v) is 8.13. The number of rotatable bonds is 4. The van der Waals surface area contributed by atoms with Crippen LogP contribution in [0.4, 0.5) is 0 Å². The summed E-state index contributed by atoms with van der Waals surface area (Å²) in [4.78, 5) is 16.4. The first-order valence-corrected chi connectivity index (χ1v) is 9.62. The fraction of sp³-hybridized carbons (Fsp3) is 0.929. The maximum absolute atomic E-state index is 12.3. The molecular formula is C14H27N3O3S. The summed E-state index contributed by atoms with van der Waals surface area (Å²) < 4.78 is 25.1. The van der Waals surface area contributed by atoms with E-state index in [2.05, 4.69) is 4.90 Å². The van der Waals surface area contributed by atoms with E-state index in [0.29, 0.717) is 32.7 Å². The second-order valence-electron chi connectivity index (χ2n) is 5.87. The summed E-state index contributed by atoms with van der Waals surface area (Å²) in [7, 11) is -3.09. The minimum absolute atomic E-state index is 0.152. The molecule has 2 saturated heterocycles. The van der Waals surface area contributed by atoms with Crippen molar-refractivity contribution < 1.29 is 13.2 Å². The van der Waals surface area contributed by atoms with Crippen LogP contribution in [0.15, 0.2) is 0 Å². The molecule has 122 valence electrons. The predicted octanol–water partition coefficient (Wildman–Crippen LogP) is 0.356. The van der Waals surface area contributed by atoms with Crippen molar-refractivity contribution in [2.24, 2.45) is 0 Å². The normalized spacial score (nSPS) is 23.0. The topological polar surface area (TPSA) is 60.9 Å². The minimum atomic E-state index is -3.09. The molecule has 2 heterocycles. The Morgan fingerprint density at radius 2 is 1.48 bits per heavy atom. The van der Waals surface area contributed by atoms with E-state index in [4.69, 9.17) is 0 Å². The lowest BCUT2D eigenvalue weighted by Crippen LogP contribution is -2.51. The molecule has 0 radical (unpaired) electrons. The Morgan fingerprint density at radius 1 is 0.905 bits per heavy atom. The summed E-state index contributed by atoms with van der Waals surface area (Å²) in [6.45, 7) is 6.17. The third-order valence-electron chi connectivity index (χ3n) is 4.41. The molecule has 0 saturated carbocycles. The van der Waals surface area contributed by atoms with Crippen LogP contribution in [-0.4, -0.2) is 80.0 Å². The van der Waals surface area contributed by atoms with Crippen molar-refractivity contribution in [2.75, 3.05) is 51.6 Å². The smallest absolute Gasteiger partial charge is 0.236 e. The standard InChI is InChI=1S/C14H27N3O3S/c1-2-21(19,20)17-11-9-15(10-12-17)13-14(18)16-7-5-3-4-6-8-16/h2-13H2,1H3. The second kappa shape index (κ2) is 7.56. The van der Waals surface area contributed by atoms with Crippen molar-refractivity contribution in [1.29, 1.82) is 0 Å². The molecule has 0 atom stereocenters. The van der Waals surface area contributed by atoms with Crippen LogP contribution >= 0.6 is 0 Å². The van der Waals surface area contributed by atoms with Gasteiger partial charge in [0, 0.05) is 39.3 Å². The quantitative estimate of drug-likeness (QED) is 0.751. The first-order chi connectivity index (χ1) is 10.0. The number of nitrogens with zero attached hydrogens (tertiary/aromatic N) is 3. The number of hydrogen-bond acceptors (Lipinski definition) is 4. The first-order valence-electron chi connectivity index (χ1n) is 8.01. The Labute approximate surface area is 128 Å². The number of carbonyl (C=O) groups excluding carboxylic acids is 1. The highest BCUT2D eigenvalue weighted by Crippen LogP contribution is 2.12. The lowest BCUT2D eigenvalue weighted by molar-refractivity contribution is -0.132. The molecule has 0 aromatic heterocycles. The molecular weight excluding hydrogens is 290 g/mol. The van der Waals surface area contributed by atoms with E-state index in [0.717, 1.165) is 25.9 Å². The van der Waals surface area contributed by atoms with E-state index >= 15 is 0 Å². The van der Waals surface area contributed by atoms with E-state index < -0.39 is 10.0 Å². The van der Waals surface area contributed by atoms with Crippen molar-refractivity contribution in [3.8, 4) is 0 Å². The van der Waals surface area contributed by atoms with Crippen LogP contribution in [0.25, 0.3) is 0 Å². The van der Waals surface area contributed by atoms with Crippen LogP contribution in [0.2, 0.25) is 0 Å². The van der Waals surface area contributed by atoms with Crippen LogP contribution in [0.1, 0.15) is 32.6 Å². The predicted molar refractivity (Wildman–Crippen MR) is 82.5 cm³/mol. The summed E-state index contributed by atoms with van der Waals surface area (Å²) in [6, 6.07) is 0. The highest BCUT2D eigenvalue weighted by molar-refractivity contribution is 7.89. The van der Waals surface area contributed by atoms with Crippen LogP contribution < -0.4 is 0 Å². The van der Waals surface area contributed by atoms with Crippen molar-refractivity contribution in [3.05, 3.63) is 0 Å². The monoisotopic (exact) mass is 317 g/mol. The molecule has 0 aromatic carbocycles. The zero-order valence-electron chi connectivity index (χ0n) is 13.0. The lowest BCUT2D eigenvalue weighted by Gasteiger charge is -2.34. The molecule has 0 aromatic rings. The average molecular weight is 317 g/mol. The Balaban J connectivity index is 1.79. The maximum Gasteiger partial charge on any atom is 0.236 e. The summed E-state index contributed by atoms with van der Waals surface area (Å²) in [5.41, 5.74) is 0. The van der Waals surface area contributed by atoms with Gasteiger partial charge in [-0.2, -0.15) is 4.31 Å². The highest BCUT2D eigenvalue weighted by atomic mass is 32.2. The minimum Gasteiger partial charge on any atom is -0.342 e. The molecule has 2 aliphatic heterocycles. The van der Waals surface area contributed by atoms with Gasteiger partial charge in [-0.3, -0.25) is 9.69 Å². The van der Waals surface area contributed by atoms with E-state index in [-0.39, 0.29) is 11.7 Å². The van der Waals surface area contributed by atoms with Gasteiger partial charge in [-0.05, 0) is 19.8 Å². The van der Waals surface area contributed by atoms with E-state index in [9.17, 15) is 13.2 Å². The Bertz CT molecular complexity index is 436. The molecule has 2 aliphatic rings. The molecule has 0 aliphatic carbocycles. The van der Waals surface area contributed by atoms with Crippen molar-refractivity contribution >= 4 is 15.9 Å². The molecule has 0 unspecified atom stereocenters. The van der Waals surface area contributed by atoms with Gasteiger partial charge in [-0.15, -0.1) is 0 Å². The first kappa shape index (κ1) is 16.7. The van der Waals surface area contributed by atoms with E-state index in [1.807, 2.05) is 4.90 Å². The van der Waals surface area contributed by atoms with Crippen molar-refractivity contribution in [3.63, 3.8) is 0 Å². The van der Waals surface area contributed by atoms with Crippen LogP contribution in [-0.2, 0) is 14.8 Å². The number of hydrogen-bond donors (Lipinski definition) is 0. The molecule has 7 heteroatoms. The number of amides is 1. The molecule has 21 heavy (non-hydrogen) atoms. The van der Waals surface area contributed by atoms with Gasteiger partial charge in [0.05, 0.1) is 12.3 Å². The molecule has 2 fully saturated rings. The Hall–Kier alpha value is -0.660. The van der Waals surface area contributed by atoms with Gasteiger partial charge in [0.1, 0.15) is 0 Å². The van der Waals surface area contributed by atoms with E-state index in [1.54, 1.807) is 11.2 Å². The summed E-state index contributed by atoms with van der Waals surface area (Å²) in [6.07, 6.45) is 4.65. The average Bonchev–Trinajstić information content (AvgIpc) is 2.77. The fourth-order valence-corrected chi connectivity index (χ4v) is 4.04. The van der Waals surface area contributed by atoms with Gasteiger partial charge in [0.15, 0.2) is 0 Å². The van der Waals surface area contributed by atoms with Gasteiger partial charge >= 0.3 is 0 Å². The number of piperazine rings is 1. The third kappa shape index (κ3) is 4.66. The molecule has 0 bridgehead atoms. The highest BCUT2D eigenvalue weighted by Gasteiger charge is 2.27. The van der Waals surface area contributed by atoms with Crippen LogP contribution in [0, 0.1) is 0 Å². The van der Waals surface area contributed by atoms with Gasteiger partial charge in [0.25, 0.3) is 0 Å². The summed E-state index contributed by atoms with van der Waals surface area (Å²) in [5, 5.41) is 0. The summed E-state index contributed by atoms with van der Waals surface area (Å²) in [5.74, 6) is 0.350. The molecule has 0 N–H and O–H groups in total. The molecule has 1 amide bonds. The van der Waals surface area contributed by atoms with Crippen LogP contribution in [0.5, 0.6) is 0 Å². The SMILES string of the molecule is CCS(=O)(=O)N1CCN(CC(=O)N2CCCCCC2)CC1. The van der Waals surface area contributed by atoms with E-state index in [1.165, 1.54) is 12.8 Å². The van der Waals surface area contributed by atoms with Gasteiger partial charge < -0.3 is 4.90 Å². The third-order valence-corrected chi connectivity index (χ3v) is 6.29. The van der Waals surface area contributed by atoms with Gasteiger partial charge in [-0.1, -0.05) is 12.8 Å². The zero-order chi connectivity index (χ0) is 15.3. The maximum atomic E-state index is 12.3. The Morgan fingerprint density at radius 3 is 2.00 bits per heavy atom. The van der Waals surface area contributed by atoms with Crippen LogP contribution in [0.3, 0.4) is 0 Å². The summed E-state index contributed by atoms with van der Waals surface area (Å²) >= 11 is 0. The number of carbonyl (C=O) groups is 1. The van der Waals surface area contributed by atoms with Crippen molar-refractivity contribution in [2.45, 2.75) is 32.6 Å². The molecule has 2 rings (SSSR count). The largest absolute Gasteiger partial charge is 0.342 e. The fourth-order valence-electron chi connectivity index (χ4n) is 2.96. The number of sulfonamides is 1. The van der Waals surface area contributed by atoms with Gasteiger partial charge in [-0.25, -0.2) is 8.42 Å². The molecule has 0 spiro atoms. The molecule has 6 nitrogen and oxygen atoms in total. The Kier molecular flexibility index (Phi) is 6.01. The number of likely N-dealkylation sites (tertiary alicyclic amines) is 1. The van der Waals surface area contributed by atoms with Crippen molar-refractivity contribution in [1.82, 2.24) is 14.1 Å². The van der Waals surface area contributed by atoms with Gasteiger partial charge in [0.2, 0.25) is 15.9 Å². The zero-order valence-corrected chi connectivity index (χ0v) is 13.8.